The fraction of sp³-hybridized carbons (Fsp3) is 0.793. The lowest BCUT2D eigenvalue weighted by atomic mass is 9.77. The zero-order chi connectivity index (χ0) is 35.6. The van der Waals surface area contributed by atoms with Gasteiger partial charge in [-0.25, -0.2) is 0 Å². The van der Waals surface area contributed by atoms with E-state index in [9.17, 15) is 74.6 Å². The summed E-state index contributed by atoms with van der Waals surface area (Å²) in [5, 5.41) is 0. The molecule has 0 spiro atoms. The number of halogens is 17. The van der Waals surface area contributed by atoms with E-state index in [-0.39, 0.29) is 30.0 Å². The van der Waals surface area contributed by atoms with E-state index in [0.717, 1.165) is 63.5 Å². The summed E-state index contributed by atoms with van der Waals surface area (Å²) in [5.74, 6) is -55.6. The van der Waals surface area contributed by atoms with Crippen LogP contribution in [0, 0.1) is 11.8 Å². The van der Waals surface area contributed by atoms with E-state index in [2.05, 4.69) is 6.92 Å². The summed E-state index contributed by atoms with van der Waals surface area (Å²) in [6.07, 6.45) is 3.46. The zero-order valence-corrected chi connectivity index (χ0v) is 24.4. The van der Waals surface area contributed by atoms with Crippen LogP contribution in [-0.2, 0) is 12.3 Å². The lowest BCUT2D eigenvalue weighted by Crippen LogP contribution is -2.74. The highest BCUT2D eigenvalue weighted by Gasteiger charge is 2.95. The predicted molar refractivity (Wildman–Crippen MR) is 133 cm³/mol. The van der Waals surface area contributed by atoms with Crippen LogP contribution in [0.2, 0.25) is 0 Å². The molecule has 0 bridgehead atoms. The van der Waals surface area contributed by atoms with Gasteiger partial charge in [-0.15, -0.1) is 0 Å². The monoisotopic (exact) mass is 704 g/mol. The molecule has 0 aliphatic heterocycles. The minimum absolute atomic E-state index is 0.0669. The Labute approximate surface area is 254 Å². The van der Waals surface area contributed by atoms with Crippen molar-refractivity contribution in [3.05, 3.63) is 35.4 Å². The molecule has 1 fully saturated rings. The van der Waals surface area contributed by atoms with Gasteiger partial charge in [0.25, 0.3) is 0 Å². The average molecular weight is 705 g/mol. The normalized spacial score (nSPS) is 19.9. The molecule has 0 N–H and O–H groups in total. The summed E-state index contributed by atoms with van der Waals surface area (Å²) in [4.78, 5) is 0. The Morgan fingerprint density at radius 1 is 0.478 bits per heavy atom. The summed E-state index contributed by atoms with van der Waals surface area (Å²) in [6, 6.07) is 1.59. The van der Waals surface area contributed by atoms with E-state index in [1.807, 2.05) is 0 Å². The molecule has 1 saturated carbocycles. The largest absolute Gasteiger partial charge is 0.460 e. The van der Waals surface area contributed by atoms with Gasteiger partial charge < -0.3 is 0 Å². The van der Waals surface area contributed by atoms with Gasteiger partial charge in [0.2, 0.25) is 0 Å². The predicted octanol–water partition coefficient (Wildman–Crippen LogP) is 12.3. The molecular weight excluding hydrogens is 671 g/mol. The van der Waals surface area contributed by atoms with Crippen LogP contribution in [-0.4, -0.2) is 41.7 Å². The number of hydrogen-bond acceptors (Lipinski definition) is 0. The second kappa shape index (κ2) is 13.9. The molecule has 1 aliphatic rings. The lowest BCUT2D eigenvalue weighted by Gasteiger charge is -2.42. The van der Waals surface area contributed by atoms with Crippen LogP contribution < -0.4 is 0 Å². The number of aryl methyl sites for hydroxylation is 1. The third kappa shape index (κ3) is 7.21. The molecule has 0 unspecified atom stereocenters. The van der Waals surface area contributed by atoms with Crippen molar-refractivity contribution in [2.75, 3.05) is 0 Å². The van der Waals surface area contributed by atoms with E-state index in [4.69, 9.17) is 0 Å². The van der Waals surface area contributed by atoms with Crippen molar-refractivity contribution in [3.8, 4) is 0 Å². The minimum Gasteiger partial charge on any atom is -0.194 e. The first-order valence-electron chi connectivity index (χ1n) is 14.5. The fourth-order valence-corrected chi connectivity index (χ4v) is 5.44. The molecule has 1 aromatic rings. The molecule has 0 heterocycles. The Kier molecular flexibility index (Phi) is 12.1. The third-order valence-corrected chi connectivity index (χ3v) is 8.56. The third-order valence-electron chi connectivity index (χ3n) is 8.56. The van der Waals surface area contributed by atoms with Crippen LogP contribution >= 0.6 is 0 Å². The van der Waals surface area contributed by atoms with Crippen molar-refractivity contribution in [3.63, 3.8) is 0 Å². The van der Waals surface area contributed by atoms with E-state index in [0.29, 0.717) is 12.3 Å². The molecule has 0 amide bonds. The van der Waals surface area contributed by atoms with Gasteiger partial charge in [-0.2, -0.15) is 74.6 Å². The Hall–Kier alpha value is -1.97. The van der Waals surface area contributed by atoms with Crippen molar-refractivity contribution in [2.24, 2.45) is 11.8 Å². The highest BCUT2D eigenvalue weighted by atomic mass is 19.4. The Balaban J connectivity index is 2.15. The van der Waals surface area contributed by atoms with Gasteiger partial charge in [0.15, 0.2) is 0 Å². The maximum absolute atomic E-state index is 14.5. The summed E-state index contributed by atoms with van der Waals surface area (Å²) in [7, 11) is 0. The first-order valence-corrected chi connectivity index (χ1v) is 14.5. The van der Waals surface area contributed by atoms with Crippen molar-refractivity contribution >= 4 is 0 Å². The van der Waals surface area contributed by atoms with E-state index >= 15 is 0 Å². The first kappa shape index (κ1) is 40.2. The Morgan fingerprint density at radius 2 is 0.870 bits per heavy atom. The Morgan fingerprint density at radius 3 is 1.30 bits per heavy atom. The summed E-state index contributed by atoms with van der Waals surface area (Å²) in [6.45, 7) is 2.11. The number of unbranched alkanes of at least 4 members (excludes halogenated alkanes) is 4. The van der Waals surface area contributed by atoms with Crippen LogP contribution in [0.1, 0.15) is 88.7 Å². The van der Waals surface area contributed by atoms with E-state index in [1.165, 1.54) is 12.8 Å². The standard InChI is InChI=1S/C29H33F17/c1-2-3-4-5-6-7-18-8-10-19(11-9-18)12-13-20-14-16-21(17-15-20)22(30,31)23(32,33)24(34,35)25(36,37)26(38,39)27(40,41)28(42,43)29(44,45)46/h14-19H,2-13H2,1H3. The number of hydrogen-bond donors (Lipinski definition) is 0. The fourth-order valence-electron chi connectivity index (χ4n) is 5.44. The van der Waals surface area contributed by atoms with Crippen LogP contribution in [0.3, 0.4) is 0 Å². The molecule has 1 aliphatic carbocycles. The quantitative estimate of drug-likeness (QED) is 0.119. The molecule has 0 radical (unpaired) electrons. The SMILES string of the molecule is CCCCCCCC1CCC(CCc2ccc(C(F)(F)C(F)(F)C(F)(F)C(F)(F)C(F)(F)C(F)(F)C(F)(F)C(F)(F)F)cc2)CC1. The molecule has 17 heteroatoms. The molecule has 2 rings (SSSR count). The van der Waals surface area contributed by atoms with Gasteiger partial charge in [-0.1, -0.05) is 95.4 Å². The molecule has 1 aromatic carbocycles. The summed E-state index contributed by atoms with van der Waals surface area (Å²) < 4.78 is 230. The summed E-state index contributed by atoms with van der Waals surface area (Å²) >= 11 is 0. The van der Waals surface area contributed by atoms with E-state index in [1.54, 1.807) is 0 Å². The van der Waals surface area contributed by atoms with Crippen LogP contribution in [0.4, 0.5) is 74.6 Å². The second-order valence-electron chi connectivity index (χ2n) is 11.8. The van der Waals surface area contributed by atoms with Crippen molar-refractivity contribution < 1.29 is 74.6 Å². The maximum atomic E-state index is 14.5. The lowest BCUT2D eigenvalue weighted by molar-refractivity contribution is -0.462. The highest BCUT2D eigenvalue weighted by molar-refractivity contribution is 5.29. The van der Waals surface area contributed by atoms with Crippen molar-refractivity contribution in [1.82, 2.24) is 0 Å². The zero-order valence-electron chi connectivity index (χ0n) is 24.4. The number of benzene rings is 1. The van der Waals surface area contributed by atoms with Crippen LogP contribution in [0.15, 0.2) is 24.3 Å². The van der Waals surface area contributed by atoms with Gasteiger partial charge >= 0.3 is 47.6 Å². The van der Waals surface area contributed by atoms with Crippen LogP contribution in [0.5, 0.6) is 0 Å². The molecule has 268 valence electrons. The van der Waals surface area contributed by atoms with Crippen molar-refractivity contribution in [1.29, 1.82) is 0 Å². The number of alkyl halides is 17. The van der Waals surface area contributed by atoms with Crippen molar-refractivity contribution in [2.45, 2.75) is 132 Å². The molecule has 0 atom stereocenters. The van der Waals surface area contributed by atoms with Gasteiger partial charge in [-0.3, -0.25) is 0 Å². The topological polar surface area (TPSA) is 0 Å². The highest BCUT2D eigenvalue weighted by Crippen LogP contribution is 2.65. The number of rotatable bonds is 16. The van der Waals surface area contributed by atoms with Gasteiger partial charge in [0.05, 0.1) is 0 Å². The van der Waals surface area contributed by atoms with Gasteiger partial charge in [-0.05, 0) is 30.2 Å². The summed E-state index contributed by atoms with van der Waals surface area (Å²) in [5.41, 5.74) is -1.97. The smallest absolute Gasteiger partial charge is 0.194 e. The first-order chi connectivity index (χ1) is 20.7. The van der Waals surface area contributed by atoms with E-state index < -0.39 is 53.2 Å². The molecule has 0 aromatic heterocycles. The molecule has 0 saturated heterocycles. The average Bonchev–Trinajstić information content (AvgIpc) is 2.95. The second-order valence-corrected chi connectivity index (χ2v) is 11.8. The minimum atomic E-state index is -8.63. The maximum Gasteiger partial charge on any atom is 0.460 e. The van der Waals surface area contributed by atoms with Gasteiger partial charge in [0.1, 0.15) is 0 Å². The molecular formula is C29H33F17. The molecule has 0 nitrogen and oxygen atoms in total. The van der Waals surface area contributed by atoms with Crippen LogP contribution in [0.25, 0.3) is 0 Å². The Bertz CT molecular complexity index is 1100. The van der Waals surface area contributed by atoms with Gasteiger partial charge in [0, 0.05) is 5.56 Å². The molecule has 46 heavy (non-hydrogen) atoms.